The lowest BCUT2D eigenvalue weighted by Crippen LogP contribution is -2.42. The van der Waals surface area contributed by atoms with Gasteiger partial charge in [-0.25, -0.2) is 0 Å². The normalized spacial score (nSPS) is 20.3. The Morgan fingerprint density at radius 1 is 1.28 bits per heavy atom. The molecule has 0 saturated carbocycles. The summed E-state index contributed by atoms with van der Waals surface area (Å²) in [7, 11) is 0. The van der Waals surface area contributed by atoms with Gasteiger partial charge in [0.2, 0.25) is 5.91 Å². The molecule has 0 aromatic heterocycles. The number of hydrogen-bond donors (Lipinski definition) is 2. The molecule has 3 heteroatoms. The number of benzene rings is 1. The minimum atomic E-state index is -0.0302. The molecule has 1 aliphatic heterocycles. The second kappa shape index (κ2) is 6.55. The molecule has 0 bridgehead atoms. The predicted octanol–water partition coefficient (Wildman–Crippen LogP) is 2.01. The van der Waals surface area contributed by atoms with E-state index in [4.69, 9.17) is 0 Å². The number of hydrogen-bond acceptors (Lipinski definition) is 2. The van der Waals surface area contributed by atoms with E-state index < -0.39 is 0 Å². The summed E-state index contributed by atoms with van der Waals surface area (Å²) in [6.07, 6.45) is 4.19. The maximum Gasteiger partial charge on any atom is 0.237 e. The molecule has 1 amide bonds. The van der Waals surface area contributed by atoms with Gasteiger partial charge in [-0.05, 0) is 36.8 Å². The third kappa shape index (κ3) is 3.33. The molecule has 98 valence electrons. The molecule has 2 N–H and O–H groups in total. The zero-order chi connectivity index (χ0) is 12.8. The first-order valence-corrected chi connectivity index (χ1v) is 6.89. The molecule has 1 aromatic rings. The fourth-order valence-electron chi connectivity index (χ4n) is 2.44. The third-order valence-electron chi connectivity index (χ3n) is 3.57. The van der Waals surface area contributed by atoms with E-state index >= 15 is 0 Å². The Kier molecular flexibility index (Phi) is 4.76. The van der Waals surface area contributed by atoms with Crippen LogP contribution >= 0.6 is 0 Å². The van der Waals surface area contributed by atoms with E-state index in [-0.39, 0.29) is 11.9 Å². The van der Waals surface area contributed by atoms with Gasteiger partial charge in [0.15, 0.2) is 0 Å². The van der Waals surface area contributed by atoms with Crippen molar-refractivity contribution in [2.75, 3.05) is 6.54 Å². The zero-order valence-electron chi connectivity index (χ0n) is 11.0. The van der Waals surface area contributed by atoms with Crippen LogP contribution < -0.4 is 10.6 Å². The molecule has 0 aliphatic carbocycles. The van der Waals surface area contributed by atoms with Crippen molar-refractivity contribution in [1.82, 2.24) is 10.6 Å². The highest BCUT2D eigenvalue weighted by atomic mass is 16.2. The summed E-state index contributed by atoms with van der Waals surface area (Å²) < 4.78 is 0. The quantitative estimate of drug-likeness (QED) is 0.853. The van der Waals surface area contributed by atoms with E-state index in [0.717, 1.165) is 38.8 Å². The van der Waals surface area contributed by atoms with Crippen molar-refractivity contribution in [3.05, 3.63) is 35.4 Å². The average Bonchev–Trinajstić information content (AvgIpc) is 2.61. The molecule has 1 saturated heterocycles. The summed E-state index contributed by atoms with van der Waals surface area (Å²) in [4.78, 5) is 11.8. The van der Waals surface area contributed by atoms with Gasteiger partial charge in [0.05, 0.1) is 6.04 Å². The van der Waals surface area contributed by atoms with Crippen molar-refractivity contribution in [2.24, 2.45) is 0 Å². The summed E-state index contributed by atoms with van der Waals surface area (Å²) in [5.74, 6) is 0.154. The van der Waals surface area contributed by atoms with Gasteiger partial charge < -0.3 is 10.6 Å². The molecule has 1 heterocycles. The Morgan fingerprint density at radius 3 is 2.83 bits per heavy atom. The van der Waals surface area contributed by atoms with Crippen molar-refractivity contribution in [2.45, 2.75) is 45.2 Å². The summed E-state index contributed by atoms with van der Waals surface area (Å²) in [6.45, 7) is 3.77. The van der Waals surface area contributed by atoms with E-state index in [9.17, 15) is 4.79 Å². The fourth-order valence-corrected chi connectivity index (χ4v) is 2.44. The zero-order valence-corrected chi connectivity index (χ0v) is 11.0. The lowest BCUT2D eigenvalue weighted by Gasteiger charge is -2.16. The predicted molar refractivity (Wildman–Crippen MR) is 73.3 cm³/mol. The number of nitrogens with one attached hydrogen (secondary N) is 2. The summed E-state index contributed by atoms with van der Waals surface area (Å²) in [5, 5.41) is 6.35. The third-order valence-corrected chi connectivity index (χ3v) is 3.57. The Hall–Kier alpha value is -1.35. The van der Waals surface area contributed by atoms with E-state index in [0.29, 0.717) is 0 Å². The summed E-state index contributed by atoms with van der Waals surface area (Å²) in [6, 6.07) is 8.40. The fraction of sp³-hybridized carbons (Fsp3) is 0.533. The summed E-state index contributed by atoms with van der Waals surface area (Å²) >= 11 is 0. The smallest absolute Gasteiger partial charge is 0.237 e. The Bertz CT molecular complexity index is 403. The van der Waals surface area contributed by atoms with Crippen molar-refractivity contribution in [3.63, 3.8) is 0 Å². The minimum Gasteiger partial charge on any atom is -0.355 e. The monoisotopic (exact) mass is 246 g/mol. The van der Waals surface area contributed by atoms with E-state index in [1.54, 1.807) is 0 Å². The highest BCUT2D eigenvalue weighted by Gasteiger charge is 2.19. The molecule has 3 nitrogen and oxygen atoms in total. The first-order chi connectivity index (χ1) is 8.81. The SMILES string of the molecule is CCc1ccccc1CNC1CCCCNC1=O. The summed E-state index contributed by atoms with van der Waals surface area (Å²) in [5.41, 5.74) is 2.66. The van der Waals surface area contributed by atoms with Crippen molar-refractivity contribution in [1.29, 1.82) is 0 Å². The van der Waals surface area contributed by atoms with Gasteiger partial charge in [0.1, 0.15) is 0 Å². The molecule has 1 aromatic carbocycles. The van der Waals surface area contributed by atoms with Crippen LogP contribution in [-0.2, 0) is 17.8 Å². The number of carbonyl (C=O) groups excluding carboxylic acids is 1. The number of aryl methyl sites for hydroxylation is 1. The Labute approximate surface area is 109 Å². The molecule has 0 radical (unpaired) electrons. The topological polar surface area (TPSA) is 41.1 Å². The van der Waals surface area contributed by atoms with Crippen LogP contribution in [0.15, 0.2) is 24.3 Å². The highest BCUT2D eigenvalue weighted by molar-refractivity contribution is 5.81. The van der Waals surface area contributed by atoms with Crippen LogP contribution in [0.5, 0.6) is 0 Å². The molecule has 1 atom stereocenters. The molecule has 18 heavy (non-hydrogen) atoms. The lowest BCUT2D eigenvalue weighted by atomic mass is 10.0. The average molecular weight is 246 g/mol. The van der Waals surface area contributed by atoms with E-state index in [1.165, 1.54) is 11.1 Å². The van der Waals surface area contributed by atoms with Gasteiger partial charge in [-0.1, -0.05) is 31.2 Å². The standard InChI is InChI=1S/C15H22N2O/c1-2-12-7-3-4-8-13(12)11-17-14-9-5-6-10-16-15(14)18/h3-4,7-8,14,17H,2,5-6,9-11H2,1H3,(H,16,18). The maximum absolute atomic E-state index is 11.8. The van der Waals surface area contributed by atoms with Crippen LogP contribution in [0, 0.1) is 0 Å². The highest BCUT2D eigenvalue weighted by Crippen LogP contribution is 2.11. The van der Waals surface area contributed by atoms with Gasteiger partial charge in [-0.2, -0.15) is 0 Å². The Morgan fingerprint density at radius 2 is 2.06 bits per heavy atom. The first kappa shape index (κ1) is 13.1. The second-order valence-corrected chi connectivity index (χ2v) is 4.84. The number of carbonyl (C=O) groups is 1. The van der Waals surface area contributed by atoms with Gasteiger partial charge in [-0.15, -0.1) is 0 Å². The second-order valence-electron chi connectivity index (χ2n) is 4.84. The van der Waals surface area contributed by atoms with E-state index in [1.807, 2.05) is 0 Å². The molecule has 1 fully saturated rings. The van der Waals surface area contributed by atoms with Crippen molar-refractivity contribution in [3.8, 4) is 0 Å². The maximum atomic E-state index is 11.8. The van der Waals surface area contributed by atoms with Crippen molar-refractivity contribution < 1.29 is 4.79 Å². The van der Waals surface area contributed by atoms with Gasteiger partial charge in [0, 0.05) is 13.1 Å². The molecule has 0 spiro atoms. The first-order valence-electron chi connectivity index (χ1n) is 6.89. The minimum absolute atomic E-state index is 0.0302. The number of rotatable bonds is 4. The molecule has 1 aliphatic rings. The molecular formula is C15H22N2O. The Balaban J connectivity index is 1.95. The molecule has 1 unspecified atom stereocenters. The number of amides is 1. The molecule has 2 rings (SSSR count). The van der Waals surface area contributed by atoms with Crippen LogP contribution in [0.3, 0.4) is 0 Å². The van der Waals surface area contributed by atoms with Crippen molar-refractivity contribution >= 4 is 5.91 Å². The van der Waals surface area contributed by atoms with Gasteiger partial charge in [0.25, 0.3) is 0 Å². The van der Waals surface area contributed by atoms with Crippen LogP contribution in [0.25, 0.3) is 0 Å². The largest absolute Gasteiger partial charge is 0.355 e. The molecular weight excluding hydrogens is 224 g/mol. The van der Waals surface area contributed by atoms with Gasteiger partial charge >= 0.3 is 0 Å². The van der Waals surface area contributed by atoms with E-state index in [2.05, 4.69) is 41.8 Å². The van der Waals surface area contributed by atoms with Crippen LogP contribution in [-0.4, -0.2) is 18.5 Å². The van der Waals surface area contributed by atoms with Crippen LogP contribution in [0.1, 0.15) is 37.3 Å². The van der Waals surface area contributed by atoms with Crippen LogP contribution in [0.2, 0.25) is 0 Å². The van der Waals surface area contributed by atoms with Gasteiger partial charge in [-0.3, -0.25) is 4.79 Å². The van der Waals surface area contributed by atoms with Crippen LogP contribution in [0.4, 0.5) is 0 Å². The lowest BCUT2D eigenvalue weighted by molar-refractivity contribution is -0.122.